The van der Waals surface area contributed by atoms with Crippen molar-refractivity contribution in [3.05, 3.63) is 75.8 Å². The molecule has 2 atom stereocenters. The monoisotopic (exact) mass is 378 g/mol. The highest BCUT2D eigenvalue weighted by Crippen LogP contribution is 2.31. The lowest BCUT2D eigenvalue weighted by Gasteiger charge is -2.29. The molecule has 0 radical (unpaired) electrons. The molecule has 1 amide bonds. The number of carbonyl (C=O) groups excluding carboxylic acids is 1. The van der Waals surface area contributed by atoms with Gasteiger partial charge in [-0.2, -0.15) is 4.98 Å². The van der Waals surface area contributed by atoms with Gasteiger partial charge in [0.25, 0.3) is 17.5 Å². The van der Waals surface area contributed by atoms with Crippen LogP contribution in [0.15, 0.2) is 54.6 Å². The Bertz CT molecular complexity index is 1020. The summed E-state index contributed by atoms with van der Waals surface area (Å²) >= 11 is 0. The summed E-state index contributed by atoms with van der Waals surface area (Å²) in [4.78, 5) is 27.0. The van der Waals surface area contributed by atoms with E-state index in [1.54, 1.807) is 4.68 Å². The van der Waals surface area contributed by atoms with Gasteiger partial charge in [-0.05, 0) is 31.0 Å². The molecule has 0 fully saturated rings. The van der Waals surface area contributed by atoms with Gasteiger partial charge in [0.15, 0.2) is 0 Å². The predicted octanol–water partition coefficient (Wildman–Crippen LogP) is 3.23. The summed E-state index contributed by atoms with van der Waals surface area (Å²) in [6.45, 7) is 2.07. The van der Waals surface area contributed by atoms with E-state index >= 15 is 0 Å². The van der Waals surface area contributed by atoms with Crippen LogP contribution in [0.2, 0.25) is 0 Å². The van der Waals surface area contributed by atoms with E-state index in [1.807, 2.05) is 30.3 Å². The number of non-ortho nitro benzene ring substituents is 1. The van der Waals surface area contributed by atoms with Crippen molar-refractivity contribution in [2.24, 2.45) is 0 Å². The lowest BCUT2D eigenvalue weighted by Crippen LogP contribution is -2.31. The summed E-state index contributed by atoms with van der Waals surface area (Å²) in [6.07, 6.45) is 0.843. The number of nitro benzene ring substituents is 1. The Morgan fingerprint density at radius 2 is 1.93 bits per heavy atom. The minimum absolute atomic E-state index is 0.0185. The number of amides is 1. The zero-order valence-electron chi connectivity index (χ0n) is 15.1. The van der Waals surface area contributed by atoms with E-state index in [2.05, 4.69) is 27.6 Å². The molecule has 9 heteroatoms. The fourth-order valence-corrected chi connectivity index (χ4v) is 3.27. The molecule has 28 heavy (non-hydrogen) atoms. The minimum atomic E-state index is -0.511. The van der Waals surface area contributed by atoms with E-state index in [1.165, 1.54) is 24.3 Å². The lowest BCUT2D eigenvalue weighted by molar-refractivity contribution is -0.384. The molecule has 1 aliphatic heterocycles. The summed E-state index contributed by atoms with van der Waals surface area (Å²) < 4.78 is 1.78. The van der Waals surface area contributed by atoms with Gasteiger partial charge in [-0.1, -0.05) is 30.3 Å². The van der Waals surface area contributed by atoms with Crippen LogP contribution < -0.4 is 10.6 Å². The van der Waals surface area contributed by atoms with Crippen LogP contribution in [0.4, 0.5) is 17.6 Å². The van der Waals surface area contributed by atoms with E-state index in [9.17, 15) is 14.9 Å². The maximum atomic E-state index is 12.4. The van der Waals surface area contributed by atoms with Crippen LogP contribution in [0.5, 0.6) is 0 Å². The fraction of sp³-hybridized carbons (Fsp3) is 0.211. The number of nitrogens with zero attached hydrogens (tertiary/aromatic N) is 4. The molecule has 1 aromatic heterocycles. The van der Waals surface area contributed by atoms with Crippen LogP contribution in [0.1, 0.15) is 35.3 Å². The molecule has 3 aromatic rings. The number of hydrogen-bond donors (Lipinski definition) is 2. The Hall–Kier alpha value is -3.75. The molecular weight excluding hydrogens is 360 g/mol. The molecule has 2 aromatic carbocycles. The molecule has 0 spiro atoms. The van der Waals surface area contributed by atoms with Gasteiger partial charge in [0.1, 0.15) is 0 Å². The molecule has 0 saturated heterocycles. The van der Waals surface area contributed by atoms with Gasteiger partial charge in [-0.25, -0.2) is 4.68 Å². The van der Waals surface area contributed by atoms with Gasteiger partial charge in [-0.3, -0.25) is 20.2 Å². The zero-order valence-corrected chi connectivity index (χ0v) is 15.1. The molecule has 2 N–H and O–H groups in total. The molecule has 4 rings (SSSR count). The summed E-state index contributed by atoms with van der Waals surface area (Å²) in [5.74, 6) is 0.342. The molecule has 0 bridgehead atoms. The van der Waals surface area contributed by atoms with Crippen molar-refractivity contribution in [2.45, 2.75) is 25.4 Å². The number of hydrogen-bond acceptors (Lipinski definition) is 6. The first-order chi connectivity index (χ1) is 13.5. The Labute approximate surface area is 160 Å². The first kappa shape index (κ1) is 17.7. The second-order valence-electron chi connectivity index (χ2n) is 6.67. The third-order valence-corrected chi connectivity index (χ3v) is 4.63. The van der Waals surface area contributed by atoms with E-state index in [0.29, 0.717) is 11.5 Å². The SMILES string of the molecule is C[C@@H]1C[C@H](c2ccccc2)n2nc(NC(=O)c3ccc([N+](=O)[O-])cc3)nc2N1. The number of fused-ring (bicyclic) bond motifs is 1. The van der Waals surface area contributed by atoms with Crippen LogP contribution >= 0.6 is 0 Å². The van der Waals surface area contributed by atoms with Crippen molar-refractivity contribution < 1.29 is 9.72 Å². The second kappa shape index (κ2) is 7.10. The first-order valence-electron chi connectivity index (χ1n) is 8.85. The normalized spacial score (nSPS) is 18.0. The average Bonchev–Trinajstić information content (AvgIpc) is 3.10. The quantitative estimate of drug-likeness (QED) is 0.532. The number of nitro groups is 1. The Balaban J connectivity index is 1.57. The van der Waals surface area contributed by atoms with E-state index in [4.69, 9.17) is 0 Å². The summed E-state index contributed by atoms with van der Waals surface area (Å²) in [5, 5.41) is 21.1. The van der Waals surface area contributed by atoms with Crippen LogP contribution in [-0.2, 0) is 0 Å². The van der Waals surface area contributed by atoms with Crippen LogP contribution in [0, 0.1) is 10.1 Å². The van der Waals surface area contributed by atoms with E-state index in [0.717, 1.165) is 12.0 Å². The third kappa shape index (κ3) is 3.41. The van der Waals surface area contributed by atoms with Crippen LogP contribution in [-0.4, -0.2) is 31.6 Å². The van der Waals surface area contributed by atoms with Crippen LogP contribution in [0.3, 0.4) is 0 Å². The fourth-order valence-electron chi connectivity index (χ4n) is 3.27. The molecule has 9 nitrogen and oxygen atoms in total. The summed E-state index contributed by atoms with van der Waals surface area (Å²) in [5.41, 5.74) is 1.34. The van der Waals surface area contributed by atoms with Gasteiger partial charge in [-0.15, -0.1) is 5.10 Å². The smallest absolute Gasteiger partial charge is 0.269 e. The zero-order chi connectivity index (χ0) is 19.7. The van der Waals surface area contributed by atoms with Crippen molar-refractivity contribution in [3.63, 3.8) is 0 Å². The number of nitrogens with one attached hydrogen (secondary N) is 2. The molecule has 142 valence electrons. The Kier molecular flexibility index (Phi) is 4.48. The third-order valence-electron chi connectivity index (χ3n) is 4.63. The summed E-state index contributed by atoms with van der Waals surface area (Å²) in [6, 6.07) is 15.6. The maximum absolute atomic E-state index is 12.4. The largest absolute Gasteiger partial charge is 0.352 e. The molecule has 0 unspecified atom stereocenters. The van der Waals surface area contributed by atoms with Crippen molar-refractivity contribution in [3.8, 4) is 0 Å². The minimum Gasteiger partial charge on any atom is -0.352 e. The topological polar surface area (TPSA) is 115 Å². The molecular formula is C19H18N6O3. The highest BCUT2D eigenvalue weighted by atomic mass is 16.6. The van der Waals surface area contributed by atoms with Gasteiger partial charge in [0.2, 0.25) is 5.95 Å². The van der Waals surface area contributed by atoms with Gasteiger partial charge in [0, 0.05) is 23.7 Å². The summed E-state index contributed by atoms with van der Waals surface area (Å²) in [7, 11) is 0. The second-order valence-corrected chi connectivity index (χ2v) is 6.67. The first-order valence-corrected chi connectivity index (χ1v) is 8.85. The molecule has 1 aliphatic rings. The predicted molar refractivity (Wildman–Crippen MR) is 103 cm³/mol. The van der Waals surface area contributed by atoms with Gasteiger partial charge in [0.05, 0.1) is 11.0 Å². The maximum Gasteiger partial charge on any atom is 0.269 e. The number of anilines is 2. The number of benzene rings is 2. The van der Waals surface area contributed by atoms with E-state index in [-0.39, 0.29) is 23.7 Å². The van der Waals surface area contributed by atoms with Crippen LogP contribution in [0.25, 0.3) is 0 Å². The van der Waals surface area contributed by atoms with Crippen molar-refractivity contribution in [1.29, 1.82) is 0 Å². The standard InChI is InChI=1S/C19H18N6O3/c1-12-11-16(13-5-3-2-4-6-13)24-19(20-12)22-18(23-24)21-17(26)14-7-9-15(10-8-14)25(27)28/h2-10,12,16H,11H2,1H3,(H2,20,21,22,23,26)/t12-,16-/m1/s1. The highest BCUT2D eigenvalue weighted by Gasteiger charge is 2.28. The molecule has 0 aliphatic carbocycles. The van der Waals surface area contributed by atoms with E-state index < -0.39 is 10.8 Å². The number of rotatable bonds is 4. The van der Waals surface area contributed by atoms with Crippen molar-refractivity contribution in [1.82, 2.24) is 14.8 Å². The van der Waals surface area contributed by atoms with Crippen molar-refractivity contribution in [2.75, 3.05) is 10.6 Å². The Morgan fingerprint density at radius 1 is 1.21 bits per heavy atom. The highest BCUT2D eigenvalue weighted by molar-refractivity contribution is 6.03. The average molecular weight is 378 g/mol. The molecule has 2 heterocycles. The lowest BCUT2D eigenvalue weighted by atomic mass is 9.99. The van der Waals surface area contributed by atoms with Gasteiger partial charge >= 0.3 is 0 Å². The van der Waals surface area contributed by atoms with Crippen molar-refractivity contribution >= 4 is 23.5 Å². The number of aromatic nitrogens is 3. The number of carbonyl (C=O) groups is 1. The molecule has 0 saturated carbocycles. The van der Waals surface area contributed by atoms with Gasteiger partial charge < -0.3 is 5.32 Å². The Morgan fingerprint density at radius 3 is 2.61 bits per heavy atom.